The summed E-state index contributed by atoms with van der Waals surface area (Å²) in [6, 6.07) is 3.97. The highest BCUT2D eigenvalue weighted by Gasteiger charge is 2.35. The smallest absolute Gasteiger partial charge is 0.276 e. The number of likely N-dealkylation sites (tertiary alicyclic amines) is 1. The van der Waals surface area contributed by atoms with Crippen molar-refractivity contribution in [2.24, 2.45) is 0 Å². The Morgan fingerprint density at radius 1 is 1.37 bits per heavy atom. The zero-order valence-electron chi connectivity index (χ0n) is 10.4. The first-order valence-electron chi connectivity index (χ1n) is 6.56. The Balaban J connectivity index is 1.41. The zero-order chi connectivity index (χ0) is 12.8. The Morgan fingerprint density at radius 3 is 2.89 bits per heavy atom. The molecule has 1 saturated heterocycles. The first-order valence-corrected chi connectivity index (χ1v) is 6.56. The number of carbonyl (C=O) groups excluding carboxylic acids is 1. The first-order chi connectivity index (χ1) is 9.31. The molecular weight excluding hydrogens is 244 g/mol. The molecule has 1 aliphatic heterocycles. The fourth-order valence-electron chi connectivity index (χ4n) is 2.40. The molecule has 1 aliphatic carbocycles. The van der Waals surface area contributed by atoms with Gasteiger partial charge in [-0.1, -0.05) is 5.16 Å². The second-order valence-corrected chi connectivity index (χ2v) is 5.24. The summed E-state index contributed by atoms with van der Waals surface area (Å²) in [5.74, 6) is 1.30. The van der Waals surface area contributed by atoms with Crippen molar-refractivity contribution in [2.75, 3.05) is 13.1 Å². The molecule has 0 unspecified atom stereocenters. The van der Waals surface area contributed by atoms with Crippen LogP contribution in [0.1, 0.15) is 41.1 Å². The van der Waals surface area contributed by atoms with Crippen molar-refractivity contribution in [2.45, 2.75) is 24.8 Å². The maximum absolute atomic E-state index is 12.2. The molecule has 2 aliphatic rings. The van der Waals surface area contributed by atoms with Crippen molar-refractivity contribution < 1.29 is 9.32 Å². The zero-order valence-corrected chi connectivity index (χ0v) is 10.4. The van der Waals surface area contributed by atoms with Crippen LogP contribution in [0.5, 0.6) is 0 Å². The van der Waals surface area contributed by atoms with Gasteiger partial charge in [0.2, 0.25) is 0 Å². The summed E-state index contributed by atoms with van der Waals surface area (Å²) >= 11 is 0. The molecule has 1 amide bonds. The van der Waals surface area contributed by atoms with Gasteiger partial charge in [0.1, 0.15) is 5.76 Å². The lowest BCUT2D eigenvalue weighted by atomic mass is 10.1. The van der Waals surface area contributed by atoms with E-state index in [2.05, 4.69) is 10.3 Å². The van der Waals surface area contributed by atoms with Crippen molar-refractivity contribution in [3.05, 3.63) is 36.0 Å². The van der Waals surface area contributed by atoms with E-state index in [-0.39, 0.29) is 11.9 Å². The predicted molar refractivity (Wildman–Crippen MR) is 65.6 cm³/mol. The van der Waals surface area contributed by atoms with E-state index in [0.717, 1.165) is 18.6 Å². The summed E-state index contributed by atoms with van der Waals surface area (Å²) in [7, 11) is 0. The minimum absolute atomic E-state index is 0.0425. The Hall–Kier alpha value is -2.11. The maximum Gasteiger partial charge on any atom is 0.276 e. The van der Waals surface area contributed by atoms with Crippen LogP contribution in [0.2, 0.25) is 0 Å². The Kier molecular flexibility index (Phi) is 2.24. The Bertz CT molecular complexity index is 594. The van der Waals surface area contributed by atoms with Crippen LogP contribution in [0, 0.1) is 0 Å². The van der Waals surface area contributed by atoms with Crippen LogP contribution in [0.4, 0.5) is 0 Å². The summed E-state index contributed by atoms with van der Waals surface area (Å²) in [6.45, 7) is 1.37. The summed E-state index contributed by atoms with van der Waals surface area (Å²) in [5.41, 5.74) is 0.431. The van der Waals surface area contributed by atoms with Gasteiger partial charge in [-0.15, -0.1) is 0 Å². The van der Waals surface area contributed by atoms with E-state index < -0.39 is 0 Å². The van der Waals surface area contributed by atoms with E-state index in [9.17, 15) is 4.79 Å². The fraction of sp³-hybridized carbons (Fsp3) is 0.462. The fourth-order valence-corrected chi connectivity index (χ4v) is 2.40. The molecule has 0 bridgehead atoms. The molecule has 6 nitrogen and oxygen atoms in total. The maximum atomic E-state index is 12.2. The van der Waals surface area contributed by atoms with Gasteiger partial charge < -0.3 is 9.42 Å². The largest absolute Gasteiger partial charge is 0.360 e. The van der Waals surface area contributed by atoms with Gasteiger partial charge in [-0.05, 0) is 18.9 Å². The number of rotatable bonds is 3. The summed E-state index contributed by atoms with van der Waals surface area (Å²) in [5, 5.41) is 8.06. The minimum atomic E-state index is -0.0425. The van der Waals surface area contributed by atoms with E-state index in [1.54, 1.807) is 17.2 Å². The second-order valence-electron chi connectivity index (χ2n) is 5.24. The molecule has 4 rings (SSSR count). The molecule has 2 fully saturated rings. The Labute approximate surface area is 110 Å². The van der Waals surface area contributed by atoms with Crippen molar-refractivity contribution in [1.82, 2.24) is 19.8 Å². The number of hydrogen-bond donors (Lipinski definition) is 0. The number of nitrogens with zero attached hydrogens (tertiary/aromatic N) is 4. The van der Waals surface area contributed by atoms with Gasteiger partial charge in [-0.2, -0.15) is 5.10 Å². The standard InChI is InChI=1S/C13H14N4O2/c18-13(11-6-12(19-15-11)9-2-3-9)16-7-10(8-16)17-5-1-4-14-17/h1,4-6,9-10H,2-3,7-8H2. The van der Waals surface area contributed by atoms with Crippen LogP contribution in [-0.4, -0.2) is 38.8 Å². The molecule has 0 N–H and O–H groups in total. The van der Waals surface area contributed by atoms with Crippen LogP contribution in [0.3, 0.4) is 0 Å². The number of hydrogen-bond acceptors (Lipinski definition) is 4. The lowest BCUT2D eigenvalue weighted by Crippen LogP contribution is -2.50. The third-order valence-corrected chi connectivity index (χ3v) is 3.78. The van der Waals surface area contributed by atoms with E-state index >= 15 is 0 Å². The molecular formula is C13H14N4O2. The highest BCUT2D eigenvalue weighted by Crippen LogP contribution is 2.40. The van der Waals surface area contributed by atoms with Crippen LogP contribution in [-0.2, 0) is 0 Å². The van der Waals surface area contributed by atoms with E-state index in [0.29, 0.717) is 24.7 Å². The Morgan fingerprint density at radius 2 is 2.21 bits per heavy atom. The van der Waals surface area contributed by atoms with Gasteiger partial charge >= 0.3 is 0 Å². The van der Waals surface area contributed by atoms with E-state index in [4.69, 9.17) is 4.52 Å². The topological polar surface area (TPSA) is 64.2 Å². The molecule has 2 aromatic rings. The molecule has 3 heterocycles. The lowest BCUT2D eigenvalue weighted by Gasteiger charge is -2.38. The molecule has 6 heteroatoms. The molecule has 1 saturated carbocycles. The van der Waals surface area contributed by atoms with Crippen molar-refractivity contribution in [1.29, 1.82) is 0 Å². The molecule has 0 aromatic carbocycles. The average Bonchev–Trinajstić information content (AvgIpc) is 2.90. The van der Waals surface area contributed by atoms with Gasteiger partial charge in [0.05, 0.1) is 6.04 Å². The van der Waals surface area contributed by atoms with Crippen molar-refractivity contribution in [3.8, 4) is 0 Å². The molecule has 0 radical (unpaired) electrons. The van der Waals surface area contributed by atoms with Crippen LogP contribution >= 0.6 is 0 Å². The first kappa shape index (κ1) is 10.8. The van der Waals surface area contributed by atoms with Crippen molar-refractivity contribution >= 4 is 5.91 Å². The summed E-state index contributed by atoms with van der Waals surface area (Å²) < 4.78 is 7.10. The van der Waals surface area contributed by atoms with Crippen LogP contribution < -0.4 is 0 Å². The van der Waals surface area contributed by atoms with Crippen LogP contribution in [0.15, 0.2) is 29.0 Å². The van der Waals surface area contributed by atoms with Gasteiger partial charge in [0.15, 0.2) is 5.69 Å². The number of aromatic nitrogens is 3. The molecule has 0 atom stereocenters. The van der Waals surface area contributed by atoms with Gasteiger partial charge in [0.25, 0.3) is 5.91 Å². The lowest BCUT2D eigenvalue weighted by molar-refractivity contribution is 0.0491. The van der Waals surface area contributed by atoms with Crippen LogP contribution in [0.25, 0.3) is 0 Å². The van der Waals surface area contributed by atoms with E-state index in [1.165, 1.54) is 0 Å². The number of carbonyl (C=O) groups is 1. The minimum Gasteiger partial charge on any atom is -0.360 e. The normalized spacial score (nSPS) is 19.5. The quantitative estimate of drug-likeness (QED) is 0.835. The average molecular weight is 258 g/mol. The third-order valence-electron chi connectivity index (χ3n) is 3.78. The van der Waals surface area contributed by atoms with Crippen molar-refractivity contribution in [3.63, 3.8) is 0 Å². The summed E-state index contributed by atoms with van der Waals surface area (Å²) in [4.78, 5) is 14.0. The van der Waals surface area contributed by atoms with E-state index in [1.807, 2.05) is 16.9 Å². The molecule has 2 aromatic heterocycles. The highest BCUT2D eigenvalue weighted by molar-refractivity contribution is 5.92. The monoisotopic (exact) mass is 258 g/mol. The SMILES string of the molecule is O=C(c1cc(C2CC2)on1)N1CC(n2cccn2)C1. The highest BCUT2D eigenvalue weighted by atomic mass is 16.5. The second kappa shape index (κ2) is 3.94. The third kappa shape index (κ3) is 1.83. The molecule has 0 spiro atoms. The predicted octanol–water partition coefficient (Wildman–Crippen LogP) is 1.45. The molecule has 98 valence electrons. The molecule has 19 heavy (non-hydrogen) atoms. The van der Waals surface area contributed by atoms with Gasteiger partial charge in [-0.25, -0.2) is 0 Å². The van der Waals surface area contributed by atoms with Gasteiger partial charge in [0, 0.05) is 37.5 Å². The van der Waals surface area contributed by atoms with Gasteiger partial charge in [-0.3, -0.25) is 9.48 Å². The summed E-state index contributed by atoms with van der Waals surface area (Å²) in [6.07, 6.45) is 5.97. The number of amides is 1.